The fourth-order valence-electron chi connectivity index (χ4n) is 4.16. The normalized spacial score (nSPS) is 17.7. The van der Waals surface area contributed by atoms with Crippen molar-refractivity contribution in [3.8, 4) is 0 Å². The average Bonchev–Trinajstić information content (AvgIpc) is 3.04. The first-order valence-electron chi connectivity index (χ1n) is 10.6. The molecule has 162 valence electrons. The van der Waals surface area contributed by atoms with Gasteiger partial charge in [-0.25, -0.2) is 0 Å². The number of rotatable bonds is 7. The summed E-state index contributed by atoms with van der Waals surface area (Å²) in [6.07, 6.45) is 0.615. The van der Waals surface area contributed by atoms with E-state index in [9.17, 15) is 14.7 Å². The average molecular weight is 440 g/mol. The lowest BCUT2D eigenvalue weighted by atomic mass is 10.0. The van der Waals surface area contributed by atoms with Crippen LogP contribution in [0.1, 0.15) is 11.1 Å². The summed E-state index contributed by atoms with van der Waals surface area (Å²) in [4.78, 5) is 32.3. The number of benzene rings is 2. The van der Waals surface area contributed by atoms with E-state index in [2.05, 4.69) is 4.90 Å². The maximum atomic E-state index is 13.4. The molecule has 1 fully saturated rings. The van der Waals surface area contributed by atoms with Gasteiger partial charge in [-0.05, 0) is 29.7 Å². The first kappa shape index (κ1) is 21.6. The molecule has 2 aromatic rings. The Hall–Kier alpha value is -2.67. The van der Waals surface area contributed by atoms with Gasteiger partial charge in [0.05, 0.1) is 12.2 Å². The molecule has 2 aliphatic rings. The number of hydrogen-bond acceptors (Lipinski definition) is 5. The molecule has 1 saturated heterocycles. The molecule has 6 nitrogen and oxygen atoms in total. The number of amides is 2. The third-order valence-electron chi connectivity index (χ3n) is 5.85. The van der Waals surface area contributed by atoms with Crippen molar-refractivity contribution in [3.63, 3.8) is 0 Å². The topological polar surface area (TPSA) is 64.1 Å². The van der Waals surface area contributed by atoms with Gasteiger partial charge in [0.1, 0.15) is 5.70 Å². The Kier molecular flexibility index (Phi) is 6.70. The number of hydrogen-bond donors (Lipinski definition) is 1. The van der Waals surface area contributed by atoms with Gasteiger partial charge < -0.3 is 10.0 Å². The largest absolute Gasteiger partial charge is 0.395 e. The van der Waals surface area contributed by atoms with Crippen LogP contribution in [0.4, 0.5) is 0 Å². The number of carbonyl (C=O) groups excluding carboxylic acids is 2. The highest BCUT2D eigenvalue weighted by atomic mass is 35.5. The third-order valence-corrected chi connectivity index (χ3v) is 6.10. The van der Waals surface area contributed by atoms with Crippen molar-refractivity contribution in [3.05, 3.63) is 76.4 Å². The fraction of sp³-hybridized carbons (Fsp3) is 0.333. The third kappa shape index (κ3) is 4.66. The number of piperazine rings is 1. The molecule has 31 heavy (non-hydrogen) atoms. The number of aliphatic hydroxyl groups excluding tert-OH is 1. The van der Waals surface area contributed by atoms with Crippen LogP contribution in [0.5, 0.6) is 0 Å². The van der Waals surface area contributed by atoms with E-state index in [-0.39, 0.29) is 18.4 Å². The highest BCUT2D eigenvalue weighted by molar-refractivity contribution is 6.36. The summed E-state index contributed by atoms with van der Waals surface area (Å²) in [6, 6.07) is 16.9. The molecule has 0 aliphatic carbocycles. The minimum absolute atomic E-state index is 0.114. The van der Waals surface area contributed by atoms with Gasteiger partial charge in [-0.2, -0.15) is 0 Å². The predicted octanol–water partition coefficient (Wildman–Crippen LogP) is 2.27. The van der Waals surface area contributed by atoms with Gasteiger partial charge in [0, 0.05) is 44.3 Å². The van der Waals surface area contributed by atoms with E-state index in [0.717, 1.165) is 18.7 Å². The van der Waals surface area contributed by atoms with E-state index in [0.29, 0.717) is 54.5 Å². The quantitative estimate of drug-likeness (QED) is 0.670. The van der Waals surface area contributed by atoms with Crippen LogP contribution < -0.4 is 0 Å². The molecule has 2 aromatic carbocycles. The molecule has 2 aliphatic heterocycles. The Morgan fingerprint density at radius 2 is 1.52 bits per heavy atom. The molecule has 1 N–H and O–H groups in total. The van der Waals surface area contributed by atoms with Crippen LogP contribution in [0.2, 0.25) is 5.02 Å². The number of nitrogens with zero attached hydrogens (tertiary/aromatic N) is 3. The van der Waals surface area contributed by atoms with Crippen molar-refractivity contribution in [2.75, 3.05) is 45.9 Å². The lowest BCUT2D eigenvalue weighted by Gasteiger charge is -2.36. The van der Waals surface area contributed by atoms with Crippen LogP contribution in [-0.4, -0.2) is 77.5 Å². The van der Waals surface area contributed by atoms with Crippen LogP contribution in [-0.2, 0) is 16.0 Å². The molecule has 0 saturated carbocycles. The maximum Gasteiger partial charge on any atom is 0.277 e. The number of β-amino-alcohol motifs (C(OH)–C–C–N with tert-alkyl or cyclic N) is 1. The molecule has 2 amide bonds. The van der Waals surface area contributed by atoms with Gasteiger partial charge in [-0.15, -0.1) is 0 Å². The molecule has 0 atom stereocenters. The van der Waals surface area contributed by atoms with Crippen molar-refractivity contribution in [1.82, 2.24) is 14.7 Å². The summed E-state index contributed by atoms with van der Waals surface area (Å²) >= 11 is 6.05. The minimum Gasteiger partial charge on any atom is -0.395 e. The maximum absolute atomic E-state index is 13.4. The van der Waals surface area contributed by atoms with Crippen molar-refractivity contribution in [1.29, 1.82) is 0 Å². The highest BCUT2D eigenvalue weighted by Crippen LogP contribution is 2.33. The Balaban J connectivity index is 1.61. The number of carbonyl (C=O) groups is 2. The Morgan fingerprint density at radius 3 is 2.16 bits per heavy atom. The standard InChI is InChI=1S/C24H26ClN3O3/c25-20-8-6-19(7-9-20)21-22(27-14-12-26(13-15-27)16-17-29)24(31)28(23(21)30)11-10-18-4-2-1-3-5-18/h1-9,29H,10-17H2. The molecular formula is C24H26ClN3O3. The van der Waals surface area contributed by atoms with Gasteiger partial charge >= 0.3 is 0 Å². The molecule has 2 heterocycles. The van der Waals surface area contributed by atoms with E-state index in [1.54, 1.807) is 24.3 Å². The summed E-state index contributed by atoms with van der Waals surface area (Å²) in [5.74, 6) is -0.488. The molecule has 0 bridgehead atoms. The number of aliphatic hydroxyl groups is 1. The van der Waals surface area contributed by atoms with Gasteiger partial charge in [-0.3, -0.25) is 19.4 Å². The Morgan fingerprint density at radius 1 is 0.839 bits per heavy atom. The van der Waals surface area contributed by atoms with E-state index < -0.39 is 0 Å². The summed E-state index contributed by atoms with van der Waals surface area (Å²) < 4.78 is 0. The second kappa shape index (κ2) is 9.64. The Bertz CT molecular complexity index is 967. The van der Waals surface area contributed by atoms with Crippen molar-refractivity contribution >= 4 is 29.0 Å². The lowest BCUT2D eigenvalue weighted by molar-refractivity contribution is -0.137. The van der Waals surface area contributed by atoms with Crippen LogP contribution in [0.3, 0.4) is 0 Å². The van der Waals surface area contributed by atoms with Crippen LogP contribution in [0, 0.1) is 0 Å². The van der Waals surface area contributed by atoms with E-state index >= 15 is 0 Å². The molecule has 4 rings (SSSR count). The van der Waals surface area contributed by atoms with Gasteiger partial charge in [0.25, 0.3) is 11.8 Å². The van der Waals surface area contributed by atoms with Crippen molar-refractivity contribution in [2.45, 2.75) is 6.42 Å². The summed E-state index contributed by atoms with van der Waals surface area (Å²) in [5.41, 5.74) is 2.72. The number of imide groups is 1. The van der Waals surface area contributed by atoms with E-state index in [1.165, 1.54) is 4.90 Å². The molecule has 0 aromatic heterocycles. The first-order chi connectivity index (χ1) is 15.1. The second-order valence-electron chi connectivity index (χ2n) is 7.78. The minimum atomic E-state index is -0.254. The molecule has 0 radical (unpaired) electrons. The van der Waals surface area contributed by atoms with E-state index in [1.807, 2.05) is 35.2 Å². The van der Waals surface area contributed by atoms with Crippen molar-refractivity contribution in [2.24, 2.45) is 0 Å². The van der Waals surface area contributed by atoms with Gasteiger partial charge in [0.15, 0.2) is 0 Å². The monoisotopic (exact) mass is 439 g/mol. The lowest BCUT2D eigenvalue weighted by Crippen LogP contribution is -2.48. The van der Waals surface area contributed by atoms with Crippen molar-refractivity contribution < 1.29 is 14.7 Å². The van der Waals surface area contributed by atoms with Gasteiger partial charge in [0.2, 0.25) is 0 Å². The fourth-order valence-corrected chi connectivity index (χ4v) is 4.28. The van der Waals surface area contributed by atoms with Gasteiger partial charge in [-0.1, -0.05) is 54.1 Å². The SMILES string of the molecule is O=C1C(c2ccc(Cl)cc2)=C(N2CCN(CCO)CC2)C(=O)N1CCc1ccccc1. The zero-order valence-electron chi connectivity index (χ0n) is 17.3. The van der Waals surface area contributed by atoms with Crippen LogP contribution in [0.15, 0.2) is 60.3 Å². The van der Waals surface area contributed by atoms with Crippen LogP contribution in [0.25, 0.3) is 5.57 Å². The first-order valence-corrected chi connectivity index (χ1v) is 10.9. The zero-order chi connectivity index (χ0) is 21.8. The Labute approximate surface area is 187 Å². The second-order valence-corrected chi connectivity index (χ2v) is 8.22. The summed E-state index contributed by atoms with van der Waals surface area (Å²) in [5, 5.41) is 9.78. The smallest absolute Gasteiger partial charge is 0.277 e. The zero-order valence-corrected chi connectivity index (χ0v) is 18.1. The number of halogens is 1. The molecule has 7 heteroatoms. The highest BCUT2D eigenvalue weighted by Gasteiger charge is 2.41. The summed E-state index contributed by atoms with van der Waals surface area (Å²) in [6.45, 7) is 3.83. The predicted molar refractivity (Wildman–Crippen MR) is 120 cm³/mol. The molecular weight excluding hydrogens is 414 g/mol. The summed E-state index contributed by atoms with van der Waals surface area (Å²) in [7, 11) is 0. The van der Waals surface area contributed by atoms with E-state index in [4.69, 9.17) is 11.6 Å². The molecule has 0 unspecified atom stereocenters. The van der Waals surface area contributed by atoms with Crippen LogP contribution >= 0.6 is 11.6 Å². The molecule has 0 spiro atoms.